The first-order valence-electron chi connectivity index (χ1n) is 17.1. The van der Waals surface area contributed by atoms with Gasteiger partial charge in [0.25, 0.3) is 0 Å². The van der Waals surface area contributed by atoms with Gasteiger partial charge < -0.3 is 48.8 Å². The average Bonchev–Trinajstić information content (AvgIpc) is 3.73. The van der Waals surface area contributed by atoms with E-state index in [1.54, 1.807) is 30.3 Å². The molecule has 0 aromatic heterocycles. The lowest BCUT2D eigenvalue weighted by molar-refractivity contribution is 0.0224. The first-order chi connectivity index (χ1) is 25.6. The van der Waals surface area contributed by atoms with Crippen molar-refractivity contribution in [2.45, 2.75) is 54.7 Å². The Bertz CT molecular complexity index is 2040. The third kappa shape index (κ3) is 8.07. The van der Waals surface area contributed by atoms with Gasteiger partial charge in [-0.15, -0.1) is 0 Å². The molecular weight excluding hydrogens is 796 g/mol. The molecule has 6 N–H and O–H groups in total. The third-order valence-corrected chi connectivity index (χ3v) is 13.8. The van der Waals surface area contributed by atoms with Crippen LogP contribution >= 0.6 is 50.2 Å². The monoisotopic (exact) mass is 834 g/mol. The first kappa shape index (κ1) is 39.5. The molecule has 1 spiro atoms. The smallest absolute Gasteiger partial charge is 0.340 e. The molecule has 0 saturated carbocycles. The summed E-state index contributed by atoms with van der Waals surface area (Å²) in [6.45, 7) is -7.07. The minimum absolute atomic E-state index is 0.0351. The van der Waals surface area contributed by atoms with Crippen molar-refractivity contribution in [2.24, 2.45) is 0 Å². The molecule has 4 aliphatic rings. The number of hydrogen-bond acceptors (Lipinski definition) is 12. The molecule has 4 aliphatic heterocycles. The third-order valence-electron chi connectivity index (χ3n) is 9.67. The Labute approximate surface area is 329 Å². The molecule has 2 fully saturated rings. The second-order valence-electron chi connectivity index (χ2n) is 13.5. The van der Waals surface area contributed by atoms with Crippen LogP contribution in [0.1, 0.15) is 39.9 Å². The number of aromatic hydroxyl groups is 2. The minimum Gasteiger partial charge on any atom is -0.508 e. The van der Waals surface area contributed by atoms with Crippen LogP contribution in [-0.2, 0) is 38.0 Å². The van der Waals surface area contributed by atoms with Gasteiger partial charge in [-0.05, 0) is 68.5 Å². The predicted octanol–water partition coefficient (Wildman–Crippen LogP) is 3.10. The molecule has 0 aliphatic carbocycles. The molecular formula is C32H38B2N4O11P2S3. The SMILES string of the molecule is BC1CC(NC(=S)Nc2ccc3c(c2)C(=O)OC32c3ccc(O)cc3Oc3cc(O)ccc32)C(COP(=O)(S)NC2CC(B)OC2COP(=O)(S)NC)O1. The maximum absolute atomic E-state index is 13.5. The molecule has 0 radical (unpaired) electrons. The van der Waals surface area contributed by atoms with Crippen molar-refractivity contribution in [3.05, 3.63) is 76.9 Å². The van der Waals surface area contributed by atoms with E-state index in [1.807, 2.05) is 15.7 Å². The number of hydrogen-bond donors (Lipinski definition) is 8. The molecule has 2 saturated heterocycles. The van der Waals surface area contributed by atoms with E-state index < -0.39 is 43.3 Å². The second-order valence-corrected chi connectivity index (χ2v) is 20.4. The quantitative estimate of drug-likeness (QED) is 0.0461. The molecule has 54 heavy (non-hydrogen) atoms. The van der Waals surface area contributed by atoms with Crippen LogP contribution in [0.5, 0.6) is 23.0 Å². The fourth-order valence-corrected chi connectivity index (χ4v) is 10.0. The molecule has 8 unspecified atom stereocenters. The zero-order chi connectivity index (χ0) is 38.6. The molecule has 3 aromatic rings. The van der Waals surface area contributed by atoms with Crippen molar-refractivity contribution in [3.8, 4) is 23.0 Å². The molecule has 15 nitrogen and oxygen atoms in total. The maximum atomic E-state index is 13.5. The van der Waals surface area contributed by atoms with Gasteiger partial charge in [-0.25, -0.2) is 15.0 Å². The number of thiocarbonyl (C=S) groups is 1. The van der Waals surface area contributed by atoms with Gasteiger partial charge in [0.1, 0.15) is 44.8 Å². The fraction of sp³-hybridized carbons (Fsp3) is 0.375. The highest BCUT2D eigenvalue weighted by molar-refractivity contribution is 8.45. The van der Waals surface area contributed by atoms with Crippen molar-refractivity contribution >= 4 is 82.6 Å². The molecule has 3 aromatic carbocycles. The molecule has 7 rings (SSSR count). The first-order valence-corrected chi connectivity index (χ1v) is 23.0. The Balaban J connectivity index is 1.01. The van der Waals surface area contributed by atoms with Gasteiger partial charge in [-0.3, -0.25) is 9.13 Å². The summed E-state index contributed by atoms with van der Waals surface area (Å²) in [5.74, 6) is -0.0837. The Kier molecular flexibility index (Phi) is 11.2. The molecule has 8 atom stereocenters. The standard InChI is InChI=1S/C32H38B2N4O11P2S3/c1-35-50(42,53)44-14-27-23(12-29(34)48-27)38-51(43,54)45-13-26-22(11-28(33)47-26)37-31(52)36-15-2-5-19-18(8-15)30(41)49-32(19)20-6-3-16(39)9-24(20)46-25-10-17(40)4-7-21(25)32/h2-10,22-23,26-29,39-40H,11-14,33-34H2,1H3,(H2,35,42,53)(H2,36,37,52)(H2,38,43,54). The van der Waals surface area contributed by atoms with E-state index in [4.69, 9.17) is 40.2 Å². The van der Waals surface area contributed by atoms with Crippen LogP contribution in [-0.4, -0.2) is 93.5 Å². The van der Waals surface area contributed by atoms with Crippen LogP contribution in [0, 0.1) is 0 Å². The van der Waals surface area contributed by atoms with Gasteiger partial charge in [0.2, 0.25) is 0 Å². The maximum Gasteiger partial charge on any atom is 0.340 e. The number of thiol groups is 2. The zero-order valence-corrected chi connectivity index (χ0v) is 33.6. The van der Waals surface area contributed by atoms with Crippen LogP contribution in [0.3, 0.4) is 0 Å². The number of esters is 1. The summed E-state index contributed by atoms with van der Waals surface area (Å²) in [5.41, 5.74) is 1.01. The van der Waals surface area contributed by atoms with Crippen molar-refractivity contribution < 1.29 is 52.1 Å². The molecule has 22 heteroatoms. The van der Waals surface area contributed by atoms with E-state index in [0.29, 0.717) is 40.8 Å². The Hall–Kier alpha value is -2.73. The van der Waals surface area contributed by atoms with Gasteiger partial charge in [-0.1, -0.05) is 30.6 Å². The number of nitrogens with one attached hydrogen (secondary N) is 4. The Morgan fingerprint density at radius 2 is 1.44 bits per heavy atom. The summed E-state index contributed by atoms with van der Waals surface area (Å²) in [4.78, 5) is 13.5. The summed E-state index contributed by atoms with van der Waals surface area (Å²) < 4.78 is 61.0. The Morgan fingerprint density at radius 1 is 0.889 bits per heavy atom. The van der Waals surface area contributed by atoms with Gasteiger partial charge in [0, 0.05) is 52.6 Å². The minimum atomic E-state index is -3.67. The van der Waals surface area contributed by atoms with Crippen LogP contribution in [0.4, 0.5) is 5.69 Å². The number of phenolic OH excluding ortho intramolecular Hbond substituents is 2. The summed E-state index contributed by atoms with van der Waals surface area (Å²) >= 11 is 14.0. The number of anilines is 1. The van der Waals surface area contributed by atoms with Crippen molar-refractivity contribution in [3.63, 3.8) is 0 Å². The van der Waals surface area contributed by atoms with Crippen LogP contribution < -0.4 is 25.5 Å². The number of carbonyl (C=O) groups excluding carboxylic acids is 1. The van der Waals surface area contributed by atoms with Crippen molar-refractivity contribution in [1.29, 1.82) is 0 Å². The topological polar surface area (TPSA) is 195 Å². The summed E-state index contributed by atoms with van der Waals surface area (Å²) in [7, 11) is 5.25. The van der Waals surface area contributed by atoms with Gasteiger partial charge in [0.05, 0.1) is 30.9 Å². The van der Waals surface area contributed by atoms with E-state index in [9.17, 15) is 24.1 Å². The average molecular weight is 834 g/mol. The molecule has 0 amide bonds. The van der Waals surface area contributed by atoms with Gasteiger partial charge >= 0.3 is 19.4 Å². The Morgan fingerprint density at radius 3 is 2.06 bits per heavy atom. The number of ether oxygens (including phenoxy) is 4. The van der Waals surface area contributed by atoms with Crippen molar-refractivity contribution in [2.75, 3.05) is 25.6 Å². The second kappa shape index (κ2) is 15.3. The highest BCUT2D eigenvalue weighted by Crippen LogP contribution is 2.57. The lowest BCUT2D eigenvalue weighted by Gasteiger charge is -2.36. The largest absolute Gasteiger partial charge is 0.508 e. The highest BCUT2D eigenvalue weighted by Gasteiger charge is 2.54. The normalized spacial score (nSPS) is 27.1. The lowest BCUT2D eigenvalue weighted by Crippen LogP contribution is -2.44. The number of carbonyl (C=O) groups is 1. The summed E-state index contributed by atoms with van der Waals surface area (Å²) in [5, 5.41) is 32.5. The number of phenols is 2. The van der Waals surface area contributed by atoms with E-state index in [2.05, 4.69) is 45.3 Å². The molecule has 286 valence electrons. The number of rotatable bonds is 11. The van der Waals surface area contributed by atoms with E-state index >= 15 is 0 Å². The molecule has 4 heterocycles. The van der Waals surface area contributed by atoms with E-state index in [0.717, 1.165) is 0 Å². The summed E-state index contributed by atoms with van der Waals surface area (Å²) in [6, 6.07) is 13.2. The highest BCUT2D eigenvalue weighted by atomic mass is 32.7. The number of benzene rings is 3. The van der Waals surface area contributed by atoms with E-state index in [1.165, 1.54) is 31.3 Å². The fourth-order valence-electron chi connectivity index (χ4n) is 7.29. The van der Waals surface area contributed by atoms with Crippen LogP contribution in [0.15, 0.2) is 54.6 Å². The lowest BCUT2D eigenvalue weighted by atomic mass is 9.77. The predicted molar refractivity (Wildman–Crippen MR) is 216 cm³/mol. The van der Waals surface area contributed by atoms with Gasteiger partial charge in [-0.2, -0.15) is 0 Å². The van der Waals surface area contributed by atoms with Crippen LogP contribution in [0.25, 0.3) is 0 Å². The van der Waals surface area contributed by atoms with E-state index in [-0.39, 0.29) is 59.4 Å². The number of fused-ring (bicyclic) bond motifs is 6. The molecule has 0 bridgehead atoms. The summed E-state index contributed by atoms with van der Waals surface area (Å²) in [6.07, 6.45) is -0.0101. The van der Waals surface area contributed by atoms with Crippen LogP contribution in [0.2, 0.25) is 0 Å². The van der Waals surface area contributed by atoms with Gasteiger partial charge in [0.15, 0.2) is 10.7 Å². The zero-order valence-electron chi connectivity index (χ0n) is 29.3. The van der Waals surface area contributed by atoms with Crippen molar-refractivity contribution in [1.82, 2.24) is 15.5 Å².